The van der Waals surface area contributed by atoms with Crippen LogP contribution in [0.4, 0.5) is 5.00 Å². The van der Waals surface area contributed by atoms with Crippen LogP contribution in [0.2, 0.25) is 0 Å². The normalized spacial score (nSPS) is 20.5. The van der Waals surface area contributed by atoms with Crippen LogP contribution in [0.3, 0.4) is 0 Å². The first-order valence-corrected chi connectivity index (χ1v) is 6.65. The highest BCUT2D eigenvalue weighted by molar-refractivity contribution is 7.99. The largest absolute Gasteiger partial charge is 0.478 e. The minimum Gasteiger partial charge on any atom is -0.478 e. The summed E-state index contributed by atoms with van der Waals surface area (Å²) in [5, 5.41) is 13.0. The third-order valence-electron chi connectivity index (χ3n) is 2.34. The summed E-state index contributed by atoms with van der Waals surface area (Å²) in [6, 6.07) is 0.396. The molecule has 1 unspecified atom stereocenters. The van der Waals surface area contributed by atoms with Crippen LogP contribution >= 0.6 is 23.3 Å². The maximum absolute atomic E-state index is 11.0. The van der Waals surface area contributed by atoms with Crippen LogP contribution in [0.15, 0.2) is 0 Å². The van der Waals surface area contributed by atoms with Crippen LogP contribution in [0.25, 0.3) is 0 Å². The van der Waals surface area contributed by atoms with Gasteiger partial charge in [-0.05, 0) is 30.6 Å². The van der Waals surface area contributed by atoms with Crippen LogP contribution in [0, 0.1) is 6.92 Å². The van der Waals surface area contributed by atoms with Gasteiger partial charge in [-0.3, -0.25) is 0 Å². The second-order valence-corrected chi connectivity index (χ2v) is 5.41. The molecule has 2 rings (SSSR count). The molecular formula is C9H12N2O2S2. The average Bonchev–Trinajstić information content (AvgIpc) is 2.76. The molecule has 1 fully saturated rings. The van der Waals surface area contributed by atoms with Gasteiger partial charge < -0.3 is 10.4 Å². The van der Waals surface area contributed by atoms with Gasteiger partial charge in [0, 0.05) is 11.8 Å². The molecule has 1 aliphatic heterocycles. The fourth-order valence-electron chi connectivity index (χ4n) is 1.55. The first-order chi connectivity index (χ1) is 7.18. The number of aromatic carboxylic acids is 1. The number of carboxylic acid groups (broad SMARTS) is 1. The third-order valence-corrected chi connectivity index (χ3v) is 4.37. The van der Waals surface area contributed by atoms with Crippen molar-refractivity contribution < 1.29 is 9.90 Å². The number of nitrogens with one attached hydrogen (secondary N) is 1. The van der Waals surface area contributed by atoms with Gasteiger partial charge in [-0.1, -0.05) is 0 Å². The predicted octanol–water partition coefficient (Wildman–Crippen LogP) is 2.07. The number of aromatic nitrogens is 1. The van der Waals surface area contributed by atoms with Gasteiger partial charge in [0.05, 0.1) is 5.69 Å². The minimum atomic E-state index is -0.894. The second kappa shape index (κ2) is 4.40. The summed E-state index contributed by atoms with van der Waals surface area (Å²) in [7, 11) is 0. The lowest BCUT2D eigenvalue weighted by atomic mass is 10.2. The zero-order chi connectivity index (χ0) is 10.8. The zero-order valence-corrected chi connectivity index (χ0v) is 9.95. The highest BCUT2D eigenvalue weighted by atomic mass is 32.2. The Bertz CT molecular complexity index is 372. The van der Waals surface area contributed by atoms with Crippen molar-refractivity contribution in [1.29, 1.82) is 0 Å². The van der Waals surface area contributed by atoms with Crippen molar-refractivity contribution in [2.45, 2.75) is 19.4 Å². The molecule has 0 bridgehead atoms. The number of hydrogen-bond acceptors (Lipinski definition) is 5. The Balaban J connectivity index is 2.16. The second-order valence-electron chi connectivity index (χ2n) is 3.48. The van der Waals surface area contributed by atoms with Gasteiger partial charge in [0.15, 0.2) is 0 Å². The number of rotatable bonds is 3. The monoisotopic (exact) mass is 244 g/mol. The number of nitrogens with zero attached hydrogens (tertiary/aromatic N) is 1. The van der Waals surface area contributed by atoms with Crippen molar-refractivity contribution in [3.05, 3.63) is 11.3 Å². The summed E-state index contributed by atoms with van der Waals surface area (Å²) < 4.78 is 4.07. The van der Waals surface area contributed by atoms with Crippen LogP contribution < -0.4 is 5.32 Å². The third kappa shape index (κ3) is 2.26. The number of hydrogen-bond donors (Lipinski definition) is 2. The maximum Gasteiger partial charge on any atom is 0.340 e. The standard InChI is InChI=1S/C9H12N2O2S2/c1-5-7(9(12)13)8(15-11-5)10-6-2-3-14-4-6/h6,10H,2-4H2,1H3,(H,12,13). The van der Waals surface area contributed by atoms with E-state index in [9.17, 15) is 4.79 Å². The maximum atomic E-state index is 11.0. The molecule has 1 aliphatic rings. The summed E-state index contributed by atoms with van der Waals surface area (Å²) in [6.45, 7) is 1.73. The zero-order valence-electron chi connectivity index (χ0n) is 8.32. The summed E-state index contributed by atoms with van der Waals surface area (Å²) in [6.07, 6.45) is 1.10. The highest BCUT2D eigenvalue weighted by Crippen LogP contribution is 2.28. The van der Waals surface area contributed by atoms with E-state index >= 15 is 0 Å². The molecule has 1 atom stereocenters. The van der Waals surface area contributed by atoms with E-state index in [0.29, 0.717) is 22.3 Å². The topological polar surface area (TPSA) is 62.2 Å². The lowest BCUT2D eigenvalue weighted by Gasteiger charge is -2.10. The van der Waals surface area contributed by atoms with E-state index < -0.39 is 5.97 Å². The van der Waals surface area contributed by atoms with Crippen LogP contribution in [0.1, 0.15) is 22.5 Å². The molecule has 0 aromatic carbocycles. The lowest BCUT2D eigenvalue weighted by Crippen LogP contribution is -2.18. The number of aryl methyl sites for hydroxylation is 1. The van der Waals surface area contributed by atoms with Crippen LogP contribution in [-0.4, -0.2) is 33.0 Å². The predicted molar refractivity (Wildman–Crippen MR) is 63.2 cm³/mol. The molecule has 2 N–H and O–H groups in total. The Kier molecular flexibility index (Phi) is 3.16. The van der Waals surface area contributed by atoms with Gasteiger partial charge >= 0.3 is 5.97 Å². The summed E-state index contributed by atoms with van der Waals surface area (Å²) in [5.74, 6) is 1.31. The lowest BCUT2D eigenvalue weighted by molar-refractivity contribution is 0.0697. The van der Waals surface area contributed by atoms with Gasteiger partial charge in [-0.25, -0.2) is 4.79 Å². The molecular weight excluding hydrogens is 232 g/mol. The Morgan fingerprint density at radius 2 is 2.47 bits per heavy atom. The smallest absolute Gasteiger partial charge is 0.340 e. The average molecular weight is 244 g/mol. The molecule has 0 aliphatic carbocycles. The minimum absolute atomic E-state index is 0.330. The molecule has 0 spiro atoms. The van der Waals surface area contributed by atoms with E-state index in [0.717, 1.165) is 17.9 Å². The molecule has 0 amide bonds. The van der Waals surface area contributed by atoms with E-state index in [2.05, 4.69) is 9.69 Å². The Hall–Kier alpha value is -0.750. The van der Waals surface area contributed by atoms with E-state index in [1.807, 2.05) is 11.8 Å². The molecule has 0 radical (unpaired) electrons. The fraction of sp³-hybridized carbons (Fsp3) is 0.556. The molecule has 4 nitrogen and oxygen atoms in total. The van der Waals surface area contributed by atoms with E-state index in [1.54, 1.807) is 6.92 Å². The Morgan fingerprint density at radius 1 is 1.67 bits per heavy atom. The highest BCUT2D eigenvalue weighted by Gasteiger charge is 2.22. The van der Waals surface area contributed by atoms with Gasteiger partial charge in [0.1, 0.15) is 10.6 Å². The van der Waals surface area contributed by atoms with Crippen molar-refractivity contribution in [3.8, 4) is 0 Å². The molecule has 1 saturated heterocycles. The summed E-state index contributed by atoms with van der Waals surface area (Å²) in [4.78, 5) is 11.0. The number of anilines is 1. The first kappa shape index (κ1) is 10.8. The molecule has 82 valence electrons. The number of carboxylic acids is 1. The van der Waals surface area contributed by atoms with Crippen molar-refractivity contribution in [2.75, 3.05) is 16.8 Å². The first-order valence-electron chi connectivity index (χ1n) is 4.72. The summed E-state index contributed by atoms with van der Waals surface area (Å²) in [5.41, 5.74) is 0.928. The molecule has 1 aromatic rings. The number of thioether (sulfide) groups is 1. The van der Waals surface area contributed by atoms with Gasteiger partial charge in [0.25, 0.3) is 0 Å². The molecule has 0 saturated carbocycles. The van der Waals surface area contributed by atoms with E-state index in [4.69, 9.17) is 5.11 Å². The van der Waals surface area contributed by atoms with Gasteiger partial charge in [-0.15, -0.1) is 0 Å². The molecule has 6 heteroatoms. The molecule has 1 aromatic heterocycles. The van der Waals surface area contributed by atoms with Crippen molar-refractivity contribution in [2.24, 2.45) is 0 Å². The molecule has 2 heterocycles. The van der Waals surface area contributed by atoms with Crippen molar-refractivity contribution in [3.63, 3.8) is 0 Å². The van der Waals surface area contributed by atoms with Crippen molar-refractivity contribution in [1.82, 2.24) is 4.37 Å². The van der Waals surface area contributed by atoms with Crippen LogP contribution in [-0.2, 0) is 0 Å². The summed E-state index contributed by atoms with van der Waals surface area (Å²) >= 11 is 3.14. The van der Waals surface area contributed by atoms with Crippen LogP contribution in [0.5, 0.6) is 0 Å². The van der Waals surface area contributed by atoms with Crippen molar-refractivity contribution >= 4 is 34.3 Å². The van der Waals surface area contributed by atoms with E-state index in [1.165, 1.54) is 11.5 Å². The fourth-order valence-corrected chi connectivity index (χ4v) is 3.57. The Morgan fingerprint density at radius 3 is 3.07 bits per heavy atom. The SMILES string of the molecule is Cc1nsc(NC2CCSC2)c1C(=O)O. The van der Waals surface area contributed by atoms with Gasteiger partial charge in [-0.2, -0.15) is 16.1 Å². The number of carbonyl (C=O) groups is 1. The Labute approximate surface area is 96.2 Å². The van der Waals surface area contributed by atoms with Gasteiger partial charge in [0.2, 0.25) is 0 Å². The quantitative estimate of drug-likeness (QED) is 0.852. The van der Waals surface area contributed by atoms with E-state index in [-0.39, 0.29) is 0 Å². The molecule has 15 heavy (non-hydrogen) atoms.